The predicted octanol–water partition coefficient (Wildman–Crippen LogP) is 1.36. The number of carbonyl (C=O) groups excluding carboxylic acids is 2. The number of amides is 2. The summed E-state index contributed by atoms with van der Waals surface area (Å²) in [5.41, 5.74) is 5.82. The first-order valence-electron chi connectivity index (χ1n) is 8.45. The fourth-order valence-electron chi connectivity index (χ4n) is 3.55. The zero-order valence-corrected chi connectivity index (χ0v) is 13.2. The summed E-state index contributed by atoms with van der Waals surface area (Å²) >= 11 is 0. The van der Waals surface area contributed by atoms with E-state index in [1.165, 1.54) is 0 Å². The highest BCUT2D eigenvalue weighted by molar-refractivity contribution is 5.81. The fraction of sp³-hybridized carbons (Fsp3) is 0.875. The van der Waals surface area contributed by atoms with Gasteiger partial charge in [-0.2, -0.15) is 0 Å². The molecular formula is C16H29N3O2. The van der Waals surface area contributed by atoms with Crippen molar-refractivity contribution in [2.75, 3.05) is 26.2 Å². The molecule has 2 fully saturated rings. The van der Waals surface area contributed by atoms with Crippen LogP contribution in [-0.4, -0.2) is 53.8 Å². The monoisotopic (exact) mass is 295 g/mol. The van der Waals surface area contributed by atoms with Crippen molar-refractivity contribution in [2.45, 2.75) is 57.9 Å². The number of rotatable bonds is 4. The molecule has 21 heavy (non-hydrogen) atoms. The average Bonchev–Trinajstić information content (AvgIpc) is 2.54. The van der Waals surface area contributed by atoms with Gasteiger partial charge in [-0.05, 0) is 38.5 Å². The summed E-state index contributed by atoms with van der Waals surface area (Å²) in [6, 6.07) is 0.202. The second-order valence-corrected chi connectivity index (χ2v) is 6.35. The van der Waals surface area contributed by atoms with Crippen molar-refractivity contribution in [3.05, 3.63) is 0 Å². The van der Waals surface area contributed by atoms with Crippen LogP contribution >= 0.6 is 0 Å². The van der Waals surface area contributed by atoms with Gasteiger partial charge in [-0.15, -0.1) is 0 Å². The zero-order valence-electron chi connectivity index (χ0n) is 13.2. The van der Waals surface area contributed by atoms with E-state index in [0.717, 1.165) is 51.6 Å². The molecule has 0 saturated carbocycles. The zero-order chi connectivity index (χ0) is 15.2. The summed E-state index contributed by atoms with van der Waals surface area (Å²) in [6.45, 7) is 4.81. The van der Waals surface area contributed by atoms with Crippen molar-refractivity contribution < 1.29 is 9.59 Å². The topological polar surface area (TPSA) is 66.6 Å². The maximum atomic E-state index is 12.8. The molecule has 2 saturated heterocycles. The van der Waals surface area contributed by atoms with Gasteiger partial charge < -0.3 is 15.5 Å². The molecule has 0 spiro atoms. The molecule has 0 aliphatic carbocycles. The van der Waals surface area contributed by atoms with E-state index in [4.69, 9.17) is 5.73 Å². The van der Waals surface area contributed by atoms with Crippen LogP contribution in [0, 0.1) is 5.92 Å². The highest BCUT2D eigenvalue weighted by Crippen LogP contribution is 2.24. The number of piperidine rings is 2. The van der Waals surface area contributed by atoms with Crippen LogP contribution in [0.25, 0.3) is 0 Å². The summed E-state index contributed by atoms with van der Waals surface area (Å²) in [4.78, 5) is 28.7. The molecule has 2 unspecified atom stereocenters. The number of hydrogen-bond donors (Lipinski definition) is 1. The van der Waals surface area contributed by atoms with Gasteiger partial charge >= 0.3 is 0 Å². The Morgan fingerprint density at radius 3 is 2.67 bits per heavy atom. The molecular weight excluding hydrogens is 266 g/mol. The normalized spacial score (nSPS) is 26.8. The molecule has 120 valence electrons. The minimum absolute atomic E-state index is 0.0216. The number of likely N-dealkylation sites (tertiary alicyclic amines) is 2. The molecule has 2 aliphatic heterocycles. The minimum atomic E-state index is -0.0216. The Labute approximate surface area is 127 Å². The van der Waals surface area contributed by atoms with E-state index in [2.05, 4.69) is 0 Å². The molecule has 5 nitrogen and oxygen atoms in total. The summed E-state index contributed by atoms with van der Waals surface area (Å²) in [5.74, 6) is 0.398. The molecule has 5 heteroatoms. The van der Waals surface area contributed by atoms with Gasteiger partial charge in [0.25, 0.3) is 0 Å². The quantitative estimate of drug-likeness (QED) is 0.851. The van der Waals surface area contributed by atoms with Crippen LogP contribution < -0.4 is 5.73 Å². The lowest BCUT2D eigenvalue weighted by molar-refractivity contribution is -0.143. The number of carbonyl (C=O) groups is 2. The summed E-state index contributed by atoms with van der Waals surface area (Å²) < 4.78 is 0. The van der Waals surface area contributed by atoms with Crippen molar-refractivity contribution >= 4 is 11.8 Å². The van der Waals surface area contributed by atoms with E-state index >= 15 is 0 Å². The third kappa shape index (κ3) is 3.96. The average molecular weight is 295 g/mol. The molecule has 2 heterocycles. The van der Waals surface area contributed by atoms with E-state index in [-0.39, 0.29) is 23.8 Å². The van der Waals surface area contributed by atoms with Gasteiger partial charge in [-0.3, -0.25) is 9.59 Å². The second-order valence-electron chi connectivity index (χ2n) is 6.35. The number of hydrogen-bond acceptors (Lipinski definition) is 3. The lowest BCUT2D eigenvalue weighted by Gasteiger charge is -2.40. The predicted molar refractivity (Wildman–Crippen MR) is 82.6 cm³/mol. The lowest BCUT2D eigenvalue weighted by Crippen LogP contribution is -2.53. The van der Waals surface area contributed by atoms with Crippen LogP contribution in [0.1, 0.15) is 51.9 Å². The molecule has 0 aromatic heterocycles. The van der Waals surface area contributed by atoms with Crippen LogP contribution in [0.15, 0.2) is 0 Å². The Bertz CT molecular complexity index is 373. The van der Waals surface area contributed by atoms with Crippen LogP contribution in [0.3, 0.4) is 0 Å². The van der Waals surface area contributed by atoms with E-state index in [1.54, 1.807) is 0 Å². The fourth-order valence-corrected chi connectivity index (χ4v) is 3.55. The Kier molecular flexibility index (Phi) is 6.03. The number of nitrogens with two attached hydrogens (primary N) is 1. The SMILES string of the molecule is CCCC(=O)N1CCCC(C(=O)N2CCCCC2CN)C1. The third-order valence-corrected chi connectivity index (χ3v) is 4.77. The Morgan fingerprint density at radius 1 is 1.14 bits per heavy atom. The number of nitrogens with zero attached hydrogens (tertiary/aromatic N) is 2. The summed E-state index contributed by atoms with van der Waals surface area (Å²) in [5, 5.41) is 0. The minimum Gasteiger partial charge on any atom is -0.342 e. The molecule has 2 aliphatic rings. The van der Waals surface area contributed by atoms with Gasteiger partial charge in [-0.1, -0.05) is 6.92 Å². The van der Waals surface area contributed by atoms with Gasteiger partial charge in [0, 0.05) is 38.6 Å². The highest BCUT2D eigenvalue weighted by Gasteiger charge is 2.34. The van der Waals surface area contributed by atoms with Crippen LogP contribution in [-0.2, 0) is 9.59 Å². The first kappa shape index (κ1) is 16.3. The molecule has 2 rings (SSSR count). The maximum Gasteiger partial charge on any atom is 0.227 e. The van der Waals surface area contributed by atoms with Crippen molar-refractivity contribution in [3.63, 3.8) is 0 Å². The van der Waals surface area contributed by atoms with Gasteiger partial charge in [0.15, 0.2) is 0 Å². The first-order valence-corrected chi connectivity index (χ1v) is 8.45. The molecule has 0 bridgehead atoms. The van der Waals surface area contributed by atoms with E-state index in [9.17, 15) is 9.59 Å². The van der Waals surface area contributed by atoms with Gasteiger partial charge in [-0.25, -0.2) is 0 Å². The first-order chi connectivity index (χ1) is 10.2. The summed E-state index contributed by atoms with van der Waals surface area (Å²) in [7, 11) is 0. The van der Waals surface area contributed by atoms with Crippen molar-refractivity contribution in [1.29, 1.82) is 0 Å². The van der Waals surface area contributed by atoms with Crippen LogP contribution in [0.4, 0.5) is 0 Å². The third-order valence-electron chi connectivity index (χ3n) is 4.77. The van der Waals surface area contributed by atoms with Crippen molar-refractivity contribution in [2.24, 2.45) is 11.7 Å². The van der Waals surface area contributed by atoms with E-state index in [1.807, 2.05) is 16.7 Å². The van der Waals surface area contributed by atoms with Crippen molar-refractivity contribution in [1.82, 2.24) is 9.80 Å². The molecule has 0 aromatic rings. The van der Waals surface area contributed by atoms with E-state index in [0.29, 0.717) is 19.5 Å². The van der Waals surface area contributed by atoms with Crippen molar-refractivity contribution in [3.8, 4) is 0 Å². The molecule has 0 radical (unpaired) electrons. The Morgan fingerprint density at radius 2 is 1.95 bits per heavy atom. The molecule has 2 atom stereocenters. The standard InChI is InChI=1S/C16H29N3O2/c1-2-6-15(20)18-9-5-7-13(12-18)16(21)19-10-4-3-8-14(19)11-17/h13-14H,2-12,17H2,1H3. The van der Waals surface area contributed by atoms with Crippen LogP contribution in [0.5, 0.6) is 0 Å². The highest BCUT2D eigenvalue weighted by atomic mass is 16.2. The maximum absolute atomic E-state index is 12.8. The van der Waals surface area contributed by atoms with Gasteiger partial charge in [0.05, 0.1) is 5.92 Å². The Balaban J connectivity index is 1.96. The van der Waals surface area contributed by atoms with Gasteiger partial charge in [0.2, 0.25) is 11.8 Å². The van der Waals surface area contributed by atoms with Gasteiger partial charge in [0.1, 0.15) is 0 Å². The lowest BCUT2D eigenvalue weighted by atomic mass is 9.93. The molecule has 2 amide bonds. The molecule has 2 N–H and O–H groups in total. The summed E-state index contributed by atoms with van der Waals surface area (Å²) in [6.07, 6.45) is 6.57. The smallest absolute Gasteiger partial charge is 0.227 e. The largest absolute Gasteiger partial charge is 0.342 e. The van der Waals surface area contributed by atoms with E-state index < -0.39 is 0 Å². The Hall–Kier alpha value is -1.10. The second kappa shape index (κ2) is 7.78. The molecule has 0 aromatic carbocycles. The van der Waals surface area contributed by atoms with Crippen LogP contribution in [0.2, 0.25) is 0 Å².